The van der Waals surface area contributed by atoms with Gasteiger partial charge >= 0.3 is 5.97 Å². The van der Waals surface area contributed by atoms with Crippen LogP contribution in [0.25, 0.3) is 0 Å². The van der Waals surface area contributed by atoms with Gasteiger partial charge in [-0.25, -0.2) is 0 Å². The number of carbonyl (C=O) groups excluding carboxylic acids is 3. The normalized spacial score (nSPS) is 28.8. The molecule has 4 aliphatic rings. The molecule has 4 aliphatic carbocycles. The minimum absolute atomic E-state index is 0.0780. The second kappa shape index (κ2) is 8.78. The van der Waals surface area contributed by atoms with Crippen LogP contribution in [0.3, 0.4) is 0 Å². The predicted octanol–water partition coefficient (Wildman–Crippen LogP) is 3.53. The fourth-order valence-electron chi connectivity index (χ4n) is 6.06. The third-order valence-electron chi connectivity index (χ3n) is 6.99. The Kier molecular flexibility index (Phi) is 6.11. The van der Waals surface area contributed by atoms with Crippen molar-refractivity contribution in [2.75, 3.05) is 19.8 Å². The SMILES string of the molecule is CCOc1ccc(C(=O)COC(=O)CCNC(=O)C23CC4CC(CC(C4)C2)C3)cc1. The Morgan fingerprint density at radius 1 is 1.00 bits per heavy atom. The molecule has 1 N–H and O–H groups in total. The van der Waals surface area contributed by atoms with Gasteiger partial charge in [-0.2, -0.15) is 0 Å². The maximum atomic E-state index is 12.9. The van der Waals surface area contributed by atoms with Gasteiger partial charge in [-0.05, 0) is 87.5 Å². The molecule has 4 fully saturated rings. The number of hydrogen-bond acceptors (Lipinski definition) is 5. The molecule has 0 unspecified atom stereocenters. The van der Waals surface area contributed by atoms with Crippen molar-refractivity contribution in [3.8, 4) is 5.75 Å². The minimum atomic E-state index is -0.472. The summed E-state index contributed by atoms with van der Waals surface area (Å²) < 4.78 is 10.4. The molecule has 0 atom stereocenters. The zero-order valence-corrected chi connectivity index (χ0v) is 17.7. The Labute approximate surface area is 177 Å². The Morgan fingerprint density at radius 3 is 2.17 bits per heavy atom. The van der Waals surface area contributed by atoms with Crippen molar-refractivity contribution < 1.29 is 23.9 Å². The number of Topliss-reactive ketones (excluding diaryl/α,β-unsaturated/α-hetero) is 1. The molecular formula is C24H31NO5. The molecule has 5 rings (SSSR count). The second-order valence-corrected chi connectivity index (χ2v) is 9.25. The monoisotopic (exact) mass is 413 g/mol. The van der Waals surface area contributed by atoms with E-state index in [-0.39, 0.29) is 36.7 Å². The van der Waals surface area contributed by atoms with E-state index in [0.717, 1.165) is 19.3 Å². The summed E-state index contributed by atoms with van der Waals surface area (Å²) in [4.78, 5) is 37.0. The van der Waals surface area contributed by atoms with Crippen LogP contribution >= 0.6 is 0 Å². The van der Waals surface area contributed by atoms with E-state index < -0.39 is 5.97 Å². The largest absolute Gasteiger partial charge is 0.494 e. The Morgan fingerprint density at radius 2 is 1.60 bits per heavy atom. The molecule has 162 valence electrons. The third-order valence-corrected chi connectivity index (χ3v) is 6.99. The number of ketones is 1. The lowest BCUT2D eigenvalue weighted by atomic mass is 9.49. The molecule has 30 heavy (non-hydrogen) atoms. The Balaban J connectivity index is 1.18. The topological polar surface area (TPSA) is 81.7 Å². The van der Waals surface area contributed by atoms with Crippen molar-refractivity contribution in [2.24, 2.45) is 23.2 Å². The zero-order chi connectivity index (χ0) is 21.1. The first-order valence-electron chi connectivity index (χ1n) is 11.2. The first-order valence-corrected chi connectivity index (χ1v) is 11.2. The number of esters is 1. The molecule has 1 aromatic rings. The van der Waals surface area contributed by atoms with E-state index in [1.165, 1.54) is 19.3 Å². The molecule has 0 heterocycles. The fourth-order valence-corrected chi connectivity index (χ4v) is 6.06. The second-order valence-electron chi connectivity index (χ2n) is 9.25. The quantitative estimate of drug-likeness (QED) is 0.495. The van der Waals surface area contributed by atoms with E-state index in [0.29, 0.717) is 35.7 Å². The number of amides is 1. The Bertz CT molecular complexity index is 765. The number of hydrogen-bond donors (Lipinski definition) is 1. The van der Waals surface area contributed by atoms with Gasteiger partial charge in [-0.15, -0.1) is 0 Å². The summed E-state index contributed by atoms with van der Waals surface area (Å²) in [5.74, 6) is 2.20. The summed E-state index contributed by atoms with van der Waals surface area (Å²) in [5, 5.41) is 2.97. The van der Waals surface area contributed by atoms with Crippen LogP contribution < -0.4 is 10.1 Å². The summed E-state index contributed by atoms with van der Waals surface area (Å²) in [5.41, 5.74) is 0.267. The van der Waals surface area contributed by atoms with E-state index in [9.17, 15) is 14.4 Å². The highest BCUT2D eigenvalue weighted by Gasteiger charge is 2.54. The third kappa shape index (κ3) is 4.52. The molecular weight excluding hydrogens is 382 g/mol. The van der Waals surface area contributed by atoms with Crippen LogP contribution in [0, 0.1) is 23.2 Å². The lowest BCUT2D eigenvalue weighted by molar-refractivity contribution is -0.147. The van der Waals surface area contributed by atoms with Crippen LogP contribution in [-0.4, -0.2) is 37.4 Å². The standard InChI is InChI=1S/C24H31NO5/c1-2-29-20-5-3-19(4-6-20)21(26)15-30-22(27)7-8-25-23(28)24-12-16-9-17(13-24)11-18(10-16)14-24/h3-6,16-18H,2,7-15H2,1H3,(H,25,28). The number of carbonyl (C=O) groups is 3. The number of ether oxygens (including phenoxy) is 2. The van der Waals surface area contributed by atoms with E-state index in [4.69, 9.17) is 9.47 Å². The van der Waals surface area contributed by atoms with Gasteiger partial charge < -0.3 is 14.8 Å². The fraction of sp³-hybridized carbons (Fsp3) is 0.625. The molecule has 0 saturated heterocycles. The van der Waals surface area contributed by atoms with Crippen LogP contribution in [0.4, 0.5) is 0 Å². The average Bonchev–Trinajstić information content (AvgIpc) is 2.72. The van der Waals surface area contributed by atoms with E-state index >= 15 is 0 Å². The van der Waals surface area contributed by atoms with Crippen molar-refractivity contribution in [2.45, 2.75) is 51.9 Å². The Hall–Kier alpha value is -2.37. The molecule has 6 heteroatoms. The van der Waals surface area contributed by atoms with E-state index in [1.807, 2.05) is 6.92 Å². The van der Waals surface area contributed by atoms with E-state index in [1.54, 1.807) is 24.3 Å². The molecule has 1 aromatic carbocycles. The van der Waals surface area contributed by atoms with Crippen LogP contribution in [0.2, 0.25) is 0 Å². The summed E-state index contributed by atoms with van der Waals surface area (Å²) >= 11 is 0. The van der Waals surface area contributed by atoms with Crippen LogP contribution in [0.15, 0.2) is 24.3 Å². The summed E-state index contributed by atoms with van der Waals surface area (Å²) in [6, 6.07) is 6.76. The van der Waals surface area contributed by atoms with Crippen molar-refractivity contribution >= 4 is 17.7 Å². The highest BCUT2D eigenvalue weighted by molar-refractivity contribution is 5.98. The predicted molar refractivity (Wildman–Crippen MR) is 111 cm³/mol. The van der Waals surface area contributed by atoms with Gasteiger partial charge in [-0.3, -0.25) is 14.4 Å². The van der Waals surface area contributed by atoms with Gasteiger partial charge in [0.2, 0.25) is 5.91 Å². The van der Waals surface area contributed by atoms with Gasteiger partial charge in [0, 0.05) is 17.5 Å². The molecule has 6 nitrogen and oxygen atoms in total. The number of nitrogens with one attached hydrogen (secondary N) is 1. The number of benzene rings is 1. The van der Waals surface area contributed by atoms with E-state index in [2.05, 4.69) is 5.32 Å². The molecule has 0 aliphatic heterocycles. The molecule has 4 bridgehead atoms. The first kappa shape index (κ1) is 20.9. The van der Waals surface area contributed by atoms with Crippen LogP contribution in [0.5, 0.6) is 5.75 Å². The van der Waals surface area contributed by atoms with Gasteiger partial charge in [0.25, 0.3) is 0 Å². The van der Waals surface area contributed by atoms with Crippen molar-refractivity contribution in [3.05, 3.63) is 29.8 Å². The van der Waals surface area contributed by atoms with Gasteiger partial charge in [-0.1, -0.05) is 0 Å². The lowest BCUT2D eigenvalue weighted by Crippen LogP contribution is -2.53. The van der Waals surface area contributed by atoms with Crippen molar-refractivity contribution in [1.82, 2.24) is 5.32 Å². The van der Waals surface area contributed by atoms with Crippen molar-refractivity contribution in [1.29, 1.82) is 0 Å². The van der Waals surface area contributed by atoms with Gasteiger partial charge in [0.1, 0.15) is 5.75 Å². The smallest absolute Gasteiger partial charge is 0.308 e. The zero-order valence-electron chi connectivity index (χ0n) is 17.7. The maximum Gasteiger partial charge on any atom is 0.308 e. The average molecular weight is 414 g/mol. The van der Waals surface area contributed by atoms with Gasteiger partial charge in [0.15, 0.2) is 12.4 Å². The maximum absolute atomic E-state index is 12.9. The van der Waals surface area contributed by atoms with Crippen LogP contribution in [0.1, 0.15) is 62.2 Å². The molecule has 0 spiro atoms. The highest BCUT2D eigenvalue weighted by Crippen LogP contribution is 2.60. The summed E-state index contributed by atoms with van der Waals surface area (Å²) in [7, 11) is 0. The van der Waals surface area contributed by atoms with Crippen molar-refractivity contribution in [3.63, 3.8) is 0 Å². The molecule has 0 radical (unpaired) electrons. The molecule has 0 aromatic heterocycles. The number of rotatable bonds is 9. The van der Waals surface area contributed by atoms with Gasteiger partial charge in [0.05, 0.1) is 13.0 Å². The van der Waals surface area contributed by atoms with Crippen LogP contribution in [-0.2, 0) is 14.3 Å². The first-order chi connectivity index (χ1) is 14.5. The minimum Gasteiger partial charge on any atom is -0.494 e. The highest BCUT2D eigenvalue weighted by atomic mass is 16.5. The summed E-state index contributed by atoms with van der Waals surface area (Å²) in [6.45, 7) is 2.42. The molecule has 1 amide bonds. The summed E-state index contributed by atoms with van der Waals surface area (Å²) in [6.07, 6.45) is 6.97. The molecule has 4 saturated carbocycles. The lowest BCUT2D eigenvalue weighted by Gasteiger charge is -2.55.